The third kappa shape index (κ3) is 17.7. The van der Waals surface area contributed by atoms with Crippen LogP contribution in [0.1, 0.15) is 6.92 Å². The van der Waals surface area contributed by atoms with Gasteiger partial charge in [0.15, 0.2) is 0 Å². The first kappa shape index (κ1) is 16.2. The molecule has 3 nitrogen and oxygen atoms in total. The summed E-state index contributed by atoms with van der Waals surface area (Å²) in [6.45, 7) is 4.45. The third-order valence-electron chi connectivity index (χ3n) is 0.647. The lowest BCUT2D eigenvalue weighted by atomic mass is 10.6. The Kier molecular flexibility index (Phi) is 28.5. The Morgan fingerprint density at radius 2 is 2.00 bits per heavy atom. The van der Waals surface area contributed by atoms with E-state index in [0.717, 1.165) is 13.1 Å². The highest BCUT2D eigenvalue weighted by Gasteiger charge is 1.77. The van der Waals surface area contributed by atoms with Gasteiger partial charge in [-0.25, -0.2) is 5.90 Å². The second-order valence-corrected chi connectivity index (χ2v) is 1.22. The fraction of sp³-hybridized carbons (Fsp3) is 1.00. The molecule has 0 aliphatic heterocycles. The second-order valence-electron chi connectivity index (χ2n) is 1.22. The van der Waals surface area contributed by atoms with Crippen molar-refractivity contribution in [2.24, 2.45) is 5.90 Å². The molecule has 5 heteroatoms. The van der Waals surface area contributed by atoms with E-state index in [-0.39, 0.29) is 24.8 Å². The molecule has 0 aromatic heterocycles. The lowest BCUT2D eigenvalue weighted by Gasteiger charge is -1.95. The van der Waals surface area contributed by atoms with E-state index in [1.54, 1.807) is 0 Å². The molecule has 0 aromatic rings. The Morgan fingerprint density at radius 1 is 1.44 bits per heavy atom. The molecule has 0 unspecified atom stereocenters. The molecule has 0 radical (unpaired) electrons. The van der Waals surface area contributed by atoms with Gasteiger partial charge in [0.2, 0.25) is 0 Å². The van der Waals surface area contributed by atoms with E-state index in [1.807, 2.05) is 6.92 Å². The summed E-state index contributed by atoms with van der Waals surface area (Å²) < 4.78 is 0. The maximum atomic E-state index is 4.73. The van der Waals surface area contributed by atoms with E-state index >= 15 is 0 Å². The number of halogens is 2. The van der Waals surface area contributed by atoms with Crippen molar-refractivity contribution in [3.05, 3.63) is 0 Å². The van der Waals surface area contributed by atoms with E-state index in [4.69, 9.17) is 5.90 Å². The molecule has 0 saturated carbocycles. The van der Waals surface area contributed by atoms with Crippen LogP contribution in [0.4, 0.5) is 0 Å². The van der Waals surface area contributed by atoms with Crippen molar-refractivity contribution in [2.45, 2.75) is 6.92 Å². The summed E-state index contributed by atoms with van der Waals surface area (Å²) in [5.41, 5.74) is 0. The standard InChI is InChI=1S/C4H12N2O.2ClH/c1-2-6-3-4-7-5;;/h6H,2-5H2,1H3;2*1H. The van der Waals surface area contributed by atoms with Crippen LogP contribution in [-0.4, -0.2) is 19.7 Å². The molecule has 0 fully saturated rings. The van der Waals surface area contributed by atoms with Crippen LogP contribution in [0.15, 0.2) is 0 Å². The van der Waals surface area contributed by atoms with Crippen molar-refractivity contribution in [3.63, 3.8) is 0 Å². The van der Waals surface area contributed by atoms with Crippen LogP contribution in [-0.2, 0) is 4.84 Å². The SMILES string of the molecule is CCNCCON.Cl.Cl. The van der Waals surface area contributed by atoms with Gasteiger partial charge in [-0.3, -0.25) is 0 Å². The molecule has 0 rings (SSSR count). The molecule has 0 aliphatic carbocycles. The quantitative estimate of drug-likeness (QED) is 0.480. The average molecular weight is 177 g/mol. The monoisotopic (exact) mass is 176 g/mol. The first-order valence-corrected chi connectivity index (χ1v) is 2.44. The highest BCUT2D eigenvalue weighted by atomic mass is 35.5. The predicted octanol–water partition coefficient (Wildman–Crippen LogP) is 0.330. The number of likely N-dealkylation sites (N-methyl/N-ethyl adjacent to an activating group) is 1. The van der Waals surface area contributed by atoms with Gasteiger partial charge in [0, 0.05) is 6.54 Å². The molecular weight excluding hydrogens is 163 g/mol. The summed E-state index contributed by atoms with van der Waals surface area (Å²) in [4.78, 5) is 4.28. The minimum atomic E-state index is 0. The molecule has 0 atom stereocenters. The van der Waals surface area contributed by atoms with Gasteiger partial charge in [-0.05, 0) is 6.54 Å². The normalized spacial score (nSPS) is 7.33. The molecule has 60 valence electrons. The Morgan fingerprint density at radius 3 is 2.33 bits per heavy atom. The fourth-order valence-electron chi connectivity index (χ4n) is 0.308. The molecule has 0 spiro atoms. The van der Waals surface area contributed by atoms with Crippen molar-refractivity contribution in [2.75, 3.05) is 19.7 Å². The molecule has 9 heavy (non-hydrogen) atoms. The van der Waals surface area contributed by atoms with Crippen molar-refractivity contribution in [3.8, 4) is 0 Å². The summed E-state index contributed by atoms with van der Waals surface area (Å²) in [5.74, 6) is 4.73. The molecule has 0 aromatic carbocycles. The Hall–Kier alpha value is 0.460. The van der Waals surface area contributed by atoms with E-state index < -0.39 is 0 Å². The minimum Gasteiger partial charge on any atom is -0.315 e. The van der Waals surface area contributed by atoms with Gasteiger partial charge < -0.3 is 10.2 Å². The zero-order valence-electron chi connectivity index (χ0n) is 5.42. The smallest absolute Gasteiger partial charge is 0.0803 e. The van der Waals surface area contributed by atoms with Gasteiger partial charge in [-0.1, -0.05) is 6.92 Å². The van der Waals surface area contributed by atoms with Crippen LogP contribution in [0.2, 0.25) is 0 Å². The molecule has 0 bridgehead atoms. The minimum absolute atomic E-state index is 0. The Labute approximate surface area is 68.1 Å². The van der Waals surface area contributed by atoms with E-state index in [0.29, 0.717) is 6.61 Å². The van der Waals surface area contributed by atoms with Crippen LogP contribution in [0.5, 0.6) is 0 Å². The number of nitrogens with two attached hydrogens (primary N) is 1. The summed E-state index contributed by atoms with van der Waals surface area (Å²) in [5, 5.41) is 3.04. The first-order valence-electron chi connectivity index (χ1n) is 2.44. The topological polar surface area (TPSA) is 47.3 Å². The van der Waals surface area contributed by atoms with Gasteiger partial charge in [0.1, 0.15) is 0 Å². The van der Waals surface area contributed by atoms with Crippen molar-refractivity contribution in [1.82, 2.24) is 5.32 Å². The Balaban J connectivity index is -0.000000180. The molecule has 0 amide bonds. The van der Waals surface area contributed by atoms with Crippen LogP contribution >= 0.6 is 24.8 Å². The van der Waals surface area contributed by atoms with Gasteiger partial charge in [0.05, 0.1) is 6.61 Å². The Bertz CT molecular complexity index is 35.7. The zero-order chi connectivity index (χ0) is 5.54. The fourth-order valence-corrected chi connectivity index (χ4v) is 0.308. The summed E-state index contributed by atoms with van der Waals surface area (Å²) in [7, 11) is 0. The maximum Gasteiger partial charge on any atom is 0.0803 e. The van der Waals surface area contributed by atoms with Crippen LogP contribution < -0.4 is 11.2 Å². The molecule has 0 aliphatic rings. The van der Waals surface area contributed by atoms with Crippen LogP contribution in [0.25, 0.3) is 0 Å². The van der Waals surface area contributed by atoms with Gasteiger partial charge in [-0.15, -0.1) is 24.8 Å². The molecule has 0 saturated heterocycles. The number of hydrogen-bond acceptors (Lipinski definition) is 3. The zero-order valence-corrected chi connectivity index (χ0v) is 7.06. The average Bonchev–Trinajstić information content (AvgIpc) is 1.69. The molecular formula is C4H14Cl2N2O. The number of rotatable bonds is 4. The summed E-state index contributed by atoms with van der Waals surface area (Å²) in [6, 6.07) is 0. The van der Waals surface area contributed by atoms with Gasteiger partial charge in [-0.2, -0.15) is 0 Å². The van der Waals surface area contributed by atoms with Crippen molar-refractivity contribution in [1.29, 1.82) is 0 Å². The summed E-state index contributed by atoms with van der Waals surface area (Å²) >= 11 is 0. The summed E-state index contributed by atoms with van der Waals surface area (Å²) in [6.07, 6.45) is 0. The maximum absolute atomic E-state index is 4.73. The number of hydrogen-bond donors (Lipinski definition) is 2. The van der Waals surface area contributed by atoms with E-state index in [9.17, 15) is 0 Å². The highest BCUT2D eigenvalue weighted by Crippen LogP contribution is 1.57. The molecule has 0 heterocycles. The van der Waals surface area contributed by atoms with Crippen LogP contribution in [0.3, 0.4) is 0 Å². The van der Waals surface area contributed by atoms with E-state index in [1.165, 1.54) is 0 Å². The van der Waals surface area contributed by atoms with Crippen LogP contribution in [0, 0.1) is 0 Å². The van der Waals surface area contributed by atoms with Crippen molar-refractivity contribution < 1.29 is 4.84 Å². The van der Waals surface area contributed by atoms with Crippen molar-refractivity contribution >= 4 is 24.8 Å². The largest absolute Gasteiger partial charge is 0.315 e. The van der Waals surface area contributed by atoms with E-state index in [2.05, 4.69) is 10.2 Å². The number of nitrogens with one attached hydrogen (secondary N) is 1. The second kappa shape index (κ2) is 15.8. The lowest BCUT2D eigenvalue weighted by molar-refractivity contribution is 0.140. The first-order chi connectivity index (χ1) is 3.41. The third-order valence-corrected chi connectivity index (χ3v) is 0.647. The predicted molar refractivity (Wildman–Crippen MR) is 43.2 cm³/mol. The molecule has 3 N–H and O–H groups in total. The lowest BCUT2D eigenvalue weighted by Crippen LogP contribution is -2.20. The van der Waals surface area contributed by atoms with Gasteiger partial charge in [0.25, 0.3) is 0 Å². The highest BCUT2D eigenvalue weighted by molar-refractivity contribution is 5.85. The van der Waals surface area contributed by atoms with Gasteiger partial charge >= 0.3 is 0 Å².